The van der Waals surface area contributed by atoms with Crippen LogP contribution in [0.25, 0.3) is 0 Å². The molecule has 0 bridgehead atoms. The van der Waals surface area contributed by atoms with Crippen LogP contribution in [0.4, 0.5) is 0 Å². The number of hydrogen-bond donors (Lipinski definition) is 0. The average Bonchev–Trinajstić information content (AvgIpc) is 3.15. The highest BCUT2D eigenvalue weighted by atomic mass is 16.5. The van der Waals surface area contributed by atoms with Gasteiger partial charge in [-0.3, -0.25) is 9.59 Å². The van der Waals surface area contributed by atoms with Gasteiger partial charge in [0, 0.05) is 24.8 Å². The fourth-order valence-corrected chi connectivity index (χ4v) is 4.36. The summed E-state index contributed by atoms with van der Waals surface area (Å²) in [6, 6.07) is 0. The molecular formula is C25H34O4. The molecule has 4 heteroatoms. The molecule has 2 rings (SSSR count). The molecule has 158 valence electrons. The van der Waals surface area contributed by atoms with Crippen molar-refractivity contribution in [2.75, 3.05) is 14.2 Å². The smallest absolute Gasteiger partial charge is 0.323 e. The molecule has 0 fully saturated rings. The number of esters is 2. The van der Waals surface area contributed by atoms with E-state index >= 15 is 0 Å². The largest absolute Gasteiger partial charge is 0.468 e. The quantitative estimate of drug-likeness (QED) is 0.291. The van der Waals surface area contributed by atoms with Crippen LogP contribution in [0, 0.1) is 31.1 Å². The maximum atomic E-state index is 12.7. The van der Waals surface area contributed by atoms with E-state index in [9.17, 15) is 9.59 Å². The molecule has 29 heavy (non-hydrogen) atoms. The second-order valence-electron chi connectivity index (χ2n) is 7.99. The number of benzene rings is 1. The number of fused-ring (bicyclic) bond motifs is 1. The van der Waals surface area contributed by atoms with Crippen molar-refractivity contribution in [3.63, 3.8) is 0 Å². The standard InChI is InChI=1S/C25H34O4/c1-7-9-11-12-14-20-18(4)22-16-25(23(26)28-5,24(27)29-6)15-21(22)17(3)19(20)13-10-8-2/h7-11,13,15-16H2,1-6H3. The lowest BCUT2D eigenvalue weighted by molar-refractivity contribution is -0.168. The van der Waals surface area contributed by atoms with E-state index in [4.69, 9.17) is 9.47 Å². The fraction of sp³-hybridized carbons (Fsp3) is 0.600. The average molecular weight is 399 g/mol. The summed E-state index contributed by atoms with van der Waals surface area (Å²) in [5, 5.41) is 0. The first-order valence-corrected chi connectivity index (χ1v) is 10.7. The molecule has 0 spiro atoms. The number of carbonyl (C=O) groups is 2. The zero-order chi connectivity index (χ0) is 21.6. The van der Waals surface area contributed by atoms with Crippen LogP contribution in [0.15, 0.2) is 0 Å². The molecule has 0 atom stereocenters. The molecule has 4 nitrogen and oxygen atoms in total. The molecule has 1 aromatic carbocycles. The van der Waals surface area contributed by atoms with Gasteiger partial charge in [-0.15, -0.1) is 0 Å². The van der Waals surface area contributed by atoms with E-state index in [1.165, 1.54) is 19.8 Å². The van der Waals surface area contributed by atoms with Crippen LogP contribution < -0.4 is 0 Å². The van der Waals surface area contributed by atoms with E-state index in [1.807, 2.05) is 0 Å². The van der Waals surface area contributed by atoms with Crippen LogP contribution in [-0.2, 0) is 38.3 Å². The Kier molecular flexibility index (Phi) is 7.90. The summed E-state index contributed by atoms with van der Waals surface area (Å²) >= 11 is 0. The third-order valence-corrected chi connectivity index (χ3v) is 6.16. The predicted molar refractivity (Wildman–Crippen MR) is 115 cm³/mol. The Hall–Kier alpha value is -2.28. The number of ether oxygens (including phenoxy) is 2. The molecule has 0 heterocycles. The highest BCUT2D eigenvalue weighted by molar-refractivity contribution is 6.01. The summed E-state index contributed by atoms with van der Waals surface area (Å²) in [4.78, 5) is 25.3. The Morgan fingerprint density at radius 1 is 0.931 bits per heavy atom. The summed E-state index contributed by atoms with van der Waals surface area (Å²) in [7, 11) is 2.65. The van der Waals surface area contributed by atoms with Crippen molar-refractivity contribution in [3.8, 4) is 11.8 Å². The molecular weight excluding hydrogens is 364 g/mol. The summed E-state index contributed by atoms with van der Waals surface area (Å²) in [5.74, 6) is 5.72. The highest BCUT2D eigenvalue weighted by Gasteiger charge is 2.53. The maximum absolute atomic E-state index is 12.7. The van der Waals surface area contributed by atoms with Crippen LogP contribution in [0.5, 0.6) is 0 Å². The third kappa shape index (κ3) is 4.34. The van der Waals surface area contributed by atoms with Crippen LogP contribution >= 0.6 is 0 Å². The summed E-state index contributed by atoms with van der Waals surface area (Å²) in [6.45, 7) is 8.52. The molecule has 0 saturated heterocycles. The van der Waals surface area contributed by atoms with Crippen molar-refractivity contribution in [1.82, 2.24) is 0 Å². The number of carbonyl (C=O) groups excluding carboxylic acids is 2. The number of rotatable bonds is 7. The van der Waals surface area contributed by atoms with E-state index < -0.39 is 17.4 Å². The second kappa shape index (κ2) is 9.96. The SMILES string of the molecule is CCCCC#Cc1c(C)c2c(c(C)c1CCCC)CC(C(=O)OC)(C(=O)OC)C2. The van der Waals surface area contributed by atoms with Gasteiger partial charge in [-0.25, -0.2) is 0 Å². The topological polar surface area (TPSA) is 52.6 Å². The first-order valence-electron chi connectivity index (χ1n) is 10.7. The highest BCUT2D eigenvalue weighted by Crippen LogP contribution is 2.44. The predicted octanol–water partition coefficient (Wildman–Crippen LogP) is 4.62. The molecule has 1 aliphatic rings. The minimum absolute atomic E-state index is 0.312. The second-order valence-corrected chi connectivity index (χ2v) is 7.99. The first kappa shape index (κ1) is 23.0. The molecule has 0 N–H and O–H groups in total. The molecule has 0 aromatic heterocycles. The van der Waals surface area contributed by atoms with Gasteiger partial charge in [0.25, 0.3) is 0 Å². The molecule has 1 aromatic rings. The van der Waals surface area contributed by atoms with Crippen LogP contribution in [-0.4, -0.2) is 26.2 Å². The van der Waals surface area contributed by atoms with Crippen molar-refractivity contribution in [2.45, 2.75) is 79.1 Å². The van der Waals surface area contributed by atoms with Gasteiger partial charge in [-0.05, 0) is 60.9 Å². The summed E-state index contributed by atoms with van der Waals surface area (Å²) in [5.41, 5.74) is 5.44. The Morgan fingerprint density at radius 2 is 1.48 bits per heavy atom. The lowest BCUT2D eigenvalue weighted by atomic mass is 9.84. The van der Waals surface area contributed by atoms with Gasteiger partial charge in [0.1, 0.15) is 0 Å². The van der Waals surface area contributed by atoms with Gasteiger partial charge < -0.3 is 9.47 Å². The number of methoxy groups -OCH3 is 2. The van der Waals surface area contributed by atoms with E-state index in [0.717, 1.165) is 66.3 Å². The van der Waals surface area contributed by atoms with Crippen LogP contribution in [0.1, 0.15) is 79.3 Å². The lowest BCUT2D eigenvalue weighted by Gasteiger charge is -2.22. The Labute approximate surface area is 175 Å². The van der Waals surface area contributed by atoms with E-state index in [1.54, 1.807) is 0 Å². The fourth-order valence-electron chi connectivity index (χ4n) is 4.36. The Morgan fingerprint density at radius 3 is 2.00 bits per heavy atom. The van der Waals surface area contributed by atoms with Gasteiger partial charge >= 0.3 is 11.9 Å². The minimum Gasteiger partial charge on any atom is -0.468 e. The third-order valence-electron chi connectivity index (χ3n) is 6.16. The van der Waals surface area contributed by atoms with Gasteiger partial charge in [-0.1, -0.05) is 38.5 Å². The van der Waals surface area contributed by atoms with Crippen molar-refractivity contribution < 1.29 is 19.1 Å². The van der Waals surface area contributed by atoms with Gasteiger partial charge in [-0.2, -0.15) is 0 Å². The van der Waals surface area contributed by atoms with Crippen molar-refractivity contribution in [1.29, 1.82) is 0 Å². The first-order chi connectivity index (χ1) is 13.9. The molecule has 0 saturated carbocycles. The van der Waals surface area contributed by atoms with E-state index in [2.05, 4.69) is 39.5 Å². The van der Waals surface area contributed by atoms with Gasteiger partial charge in [0.2, 0.25) is 0 Å². The molecule has 0 unspecified atom stereocenters. The molecule has 0 aliphatic heterocycles. The zero-order valence-corrected chi connectivity index (χ0v) is 18.8. The number of unbranched alkanes of at least 4 members (excludes halogenated alkanes) is 3. The lowest BCUT2D eigenvalue weighted by Crippen LogP contribution is -2.42. The Balaban J connectivity index is 2.63. The zero-order valence-electron chi connectivity index (χ0n) is 18.8. The van der Waals surface area contributed by atoms with Gasteiger partial charge in [0.15, 0.2) is 5.41 Å². The maximum Gasteiger partial charge on any atom is 0.323 e. The minimum atomic E-state index is -1.29. The Bertz CT molecular complexity index is 823. The van der Waals surface area contributed by atoms with Gasteiger partial charge in [0.05, 0.1) is 14.2 Å². The molecule has 0 amide bonds. The van der Waals surface area contributed by atoms with Crippen molar-refractivity contribution in [3.05, 3.63) is 33.4 Å². The molecule has 0 radical (unpaired) electrons. The van der Waals surface area contributed by atoms with Crippen LogP contribution in [0.2, 0.25) is 0 Å². The number of hydrogen-bond acceptors (Lipinski definition) is 4. The van der Waals surface area contributed by atoms with Crippen molar-refractivity contribution >= 4 is 11.9 Å². The van der Waals surface area contributed by atoms with Crippen LogP contribution in [0.3, 0.4) is 0 Å². The normalized spacial score (nSPS) is 14.0. The summed E-state index contributed by atoms with van der Waals surface area (Å²) < 4.78 is 10.0. The molecule has 1 aliphatic carbocycles. The van der Waals surface area contributed by atoms with E-state index in [-0.39, 0.29) is 0 Å². The van der Waals surface area contributed by atoms with Crippen molar-refractivity contribution in [2.24, 2.45) is 5.41 Å². The monoisotopic (exact) mass is 398 g/mol. The van der Waals surface area contributed by atoms with E-state index in [0.29, 0.717) is 12.8 Å². The summed E-state index contributed by atoms with van der Waals surface area (Å²) in [6.07, 6.45) is 6.89.